The Balaban J connectivity index is 1.58. The third-order valence-electron chi connectivity index (χ3n) is 5.39. The Hall–Kier alpha value is -0.940. The predicted octanol–water partition coefficient (Wildman–Crippen LogP) is 1.48. The molecule has 118 valence electrons. The highest BCUT2D eigenvalue weighted by Gasteiger charge is 2.45. The number of nitrogens with zero attached hydrogens (tertiary/aromatic N) is 1. The minimum absolute atomic E-state index is 0.139. The summed E-state index contributed by atoms with van der Waals surface area (Å²) in [6.45, 7) is 2.66. The van der Waals surface area contributed by atoms with E-state index in [0.717, 1.165) is 63.6 Å². The average molecular weight is 293 g/mol. The Morgan fingerprint density at radius 1 is 1.24 bits per heavy atom. The van der Waals surface area contributed by atoms with Gasteiger partial charge in [0.2, 0.25) is 0 Å². The maximum absolute atomic E-state index is 12.3. The lowest BCUT2D eigenvalue weighted by molar-refractivity contribution is -0.124. The van der Waals surface area contributed by atoms with Crippen LogP contribution in [0.25, 0.3) is 0 Å². The molecule has 1 saturated heterocycles. The van der Waals surface area contributed by atoms with Gasteiger partial charge in [-0.05, 0) is 64.0 Å². The SMILES string of the molecule is COCCC1CCC(C2=NC3(CCNCC3)C(=O)N2)CC1. The van der Waals surface area contributed by atoms with Gasteiger partial charge in [-0.15, -0.1) is 0 Å². The van der Waals surface area contributed by atoms with Gasteiger partial charge in [-0.25, -0.2) is 0 Å². The van der Waals surface area contributed by atoms with Crippen LogP contribution in [0.5, 0.6) is 0 Å². The normalized spacial score (nSPS) is 32.0. The number of hydrogen-bond acceptors (Lipinski definition) is 4. The number of carbonyl (C=O) groups is 1. The zero-order valence-electron chi connectivity index (χ0n) is 13.0. The van der Waals surface area contributed by atoms with Gasteiger partial charge in [-0.2, -0.15) is 0 Å². The van der Waals surface area contributed by atoms with Gasteiger partial charge in [0.05, 0.1) is 0 Å². The first-order valence-electron chi connectivity index (χ1n) is 8.34. The third kappa shape index (κ3) is 3.14. The molecular formula is C16H27N3O2. The van der Waals surface area contributed by atoms with Crippen LogP contribution in [0, 0.1) is 11.8 Å². The number of amidine groups is 1. The summed E-state index contributed by atoms with van der Waals surface area (Å²) in [7, 11) is 1.77. The van der Waals surface area contributed by atoms with Gasteiger partial charge in [0.25, 0.3) is 5.91 Å². The number of amides is 1. The fourth-order valence-electron chi connectivity index (χ4n) is 3.92. The van der Waals surface area contributed by atoms with Crippen LogP contribution in [-0.2, 0) is 9.53 Å². The van der Waals surface area contributed by atoms with Gasteiger partial charge in [-0.3, -0.25) is 9.79 Å². The Morgan fingerprint density at radius 3 is 2.62 bits per heavy atom. The summed E-state index contributed by atoms with van der Waals surface area (Å²) in [6.07, 6.45) is 7.62. The van der Waals surface area contributed by atoms with Crippen molar-refractivity contribution in [1.82, 2.24) is 10.6 Å². The van der Waals surface area contributed by atoms with Crippen molar-refractivity contribution in [2.75, 3.05) is 26.8 Å². The minimum Gasteiger partial charge on any atom is -0.385 e. The first-order valence-corrected chi connectivity index (χ1v) is 8.34. The molecule has 5 nitrogen and oxygen atoms in total. The first kappa shape index (κ1) is 15.0. The number of rotatable bonds is 4. The molecule has 0 aromatic carbocycles. The molecule has 0 radical (unpaired) electrons. The number of nitrogens with one attached hydrogen (secondary N) is 2. The van der Waals surface area contributed by atoms with Crippen LogP contribution in [0.2, 0.25) is 0 Å². The van der Waals surface area contributed by atoms with Crippen LogP contribution in [0.1, 0.15) is 44.9 Å². The fraction of sp³-hybridized carbons (Fsp3) is 0.875. The molecule has 2 N–H and O–H groups in total. The first-order chi connectivity index (χ1) is 10.2. The summed E-state index contributed by atoms with van der Waals surface area (Å²) >= 11 is 0. The number of carbonyl (C=O) groups excluding carboxylic acids is 1. The second-order valence-corrected chi connectivity index (χ2v) is 6.73. The molecule has 1 spiro atoms. The standard InChI is InChI=1S/C16H27N3O2/c1-21-11-6-12-2-4-13(5-3-12)14-18-15(20)16(19-14)7-9-17-10-8-16/h12-13,17H,2-11H2,1H3,(H,18,19,20). The quantitative estimate of drug-likeness (QED) is 0.825. The molecule has 3 aliphatic rings. The van der Waals surface area contributed by atoms with Crippen LogP contribution in [0.3, 0.4) is 0 Å². The fourth-order valence-corrected chi connectivity index (χ4v) is 3.92. The molecule has 1 aliphatic carbocycles. The van der Waals surface area contributed by atoms with Crippen molar-refractivity contribution in [2.45, 2.75) is 50.5 Å². The predicted molar refractivity (Wildman–Crippen MR) is 82.4 cm³/mol. The van der Waals surface area contributed by atoms with Gasteiger partial charge in [-0.1, -0.05) is 0 Å². The molecule has 2 fully saturated rings. The zero-order valence-corrected chi connectivity index (χ0v) is 13.0. The van der Waals surface area contributed by atoms with E-state index in [9.17, 15) is 4.79 Å². The third-order valence-corrected chi connectivity index (χ3v) is 5.39. The van der Waals surface area contributed by atoms with E-state index < -0.39 is 5.54 Å². The molecule has 0 aromatic rings. The molecular weight excluding hydrogens is 266 g/mol. The van der Waals surface area contributed by atoms with Gasteiger partial charge in [0.1, 0.15) is 11.4 Å². The van der Waals surface area contributed by atoms with E-state index in [1.54, 1.807) is 7.11 Å². The van der Waals surface area contributed by atoms with Gasteiger partial charge >= 0.3 is 0 Å². The van der Waals surface area contributed by atoms with E-state index in [1.165, 1.54) is 12.8 Å². The highest BCUT2D eigenvalue weighted by atomic mass is 16.5. The molecule has 0 atom stereocenters. The molecule has 5 heteroatoms. The van der Waals surface area contributed by atoms with E-state index in [4.69, 9.17) is 9.73 Å². The number of methoxy groups -OCH3 is 1. The molecule has 1 saturated carbocycles. The Kier molecular flexibility index (Phi) is 4.60. The van der Waals surface area contributed by atoms with Crippen LogP contribution in [0.15, 0.2) is 4.99 Å². The maximum atomic E-state index is 12.3. The van der Waals surface area contributed by atoms with E-state index in [2.05, 4.69) is 10.6 Å². The van der Waals surface area contributed by atoms with Crippen molar-refractivity contribution in [3.63, 3.8) is 0 Å². The van der Waals surface area contributed by atoms with E-state index in [0.29, 0.717) is 5.92 Å². The highest BCUT2D eigenvalue weighted by molar-refractivity contribution is 6.09. The summed E-state index contributed by atoms with van der Waals surface area (Å²) in [5, 5.41) is 6.42. The van der Waals surface area contributed by atoms with Crippen molar-refractivity contribution in [3.05, 3.63) is 0 Å². The Bertz CT molecular complexity index is 408. The van der Waals surface area contributed by atoms with Crippen molar-refractivity contribution in [2.24, 2.45) is 16.8 Å². The Labute approximate surface area is 126 Å². The van der Waals surface area contributed by atoms with Crippen molar-refractivity contribution in [1.29, 1.82) is 0 Å². The average Bonchev–Trinajstić information content (AvgIpc) is 2.83. The number of ether oxygens (including phenoxy) is 1. The zero-order chi connectivity index (χ0) is 14.7. The highest BCUT2D eigenvalue weighted by Crippen LogP contribution is 2.35. The summed E-state index contributed by atoms with van der Waals surface area (Å²) in [6, 6.07) is 0. The number of piperidine rings is 1. The molecule has 2 heterocycles. The van der Waals surface area contributed by atoms with Gasteiger partial charge < -0.3 is 15.4 Å². The molecule has 21 heavy (non-hydrogen) atoms. The van der Waals surface area contributed by atoms with Gasteiger partial charge in [0.15, 0.2) is 0 Å². The van der Waals surface area contributed by atoms with E-state index in [1.807, 2.05) is 0 Å². The van der Waals surface area contributed by atoms with Crippen LogP contribution in [-0.4, -0.2) is 44.1 Å². The smallest absolute Gasteiger partial charge is 0.253 e. The summed E-state index contributed by atoms with van der Waals surface area (Å²) < 4.78 is 5.17. The molecule has 0 unspecified atom stereocenters. The molecule has 0 bridgehead atoms. The summed E-state index contributed by atoms with van der Waals surface area (Å²) in [5.74, 6) is 2.36. The van der Waals surface area contributed by atoms with Crippen molar-refractivity contribution in [3.8, 4) is 0 Å². The number of aliphatic imine (C=N–C) groups is 1. The van der Waals surface area contributed by atoms with Crippen molar-refractivity contribution < 1.29 is 9.53 Å². The van der Waals surface area contributed by atoms with Crippen molar-refractivity contribution >= 4 is 11.7 Å². The number of hydrogen-bond donors (Lipinski definition) is 2. The minimum atomic E-state index is -0.451. The summed E-state index contributed by atoms with van der Waals surface area (Å²) in [5.41, 5.74) is -0.451. The largest absolute Gasteiger partial charge is 0.385 e. The molecule has 2 aliphatic heterocycles. The van der Waals surface area contributed by atoms with E-state index >= 15 is 0 Å². The second kappa shape index (κ2) is 6.44. The lowest BCUT2D eigenvalue weighted by Gasteiger charge is -2.29. The maximum Gasteiger partial charge on any atom is 0.253 e. The summed E-state index contributed by atoms with van der Waals surface area (Å²) in [4.78, 5) is 17.2. The molecule has 3 rings (SSSR count). The Morgan fingerprint density at radius 2 is 1.95 bits per heavy atom. The lowest BCUT2D eigenvalue weighted by Crippen LogP contribution is -2.47. The molecule has 0 aromatic heterocycles. The van der Waals surface area contributed by atoms with Crippen LogP contribution >= 0.6 is 0 Å². The molecule has 1 amide bonds. The lowest BCUT2D eigenvalue weighted by atomic mass is 9.80. The second-order valence-electron chi connectivity index (χ2n) is 6.73. The van der Waals surface area contributed by atoms with E-state index in [-0.39, 0.29) is 5.91 Å². The monoisotopic (exact) mass is 293 g/mol. The van der Waals surface area contributed by atoms with Crippen LogP contribution < -0.4 is 10.6 Å². The van der Waals surface area contributed by atoms with Crippen LogP contribution in [0.4, 0.5) is 0 Å². The topological polar surface area (TPSA) is 62.7 Å². The van der Waals surface area contributed by atoms with Gasteiger partial charge in [0, 0.05) is 19.6 Å².